The van der Waals surface area contributed by atoms with E-state index >= 15 is 0 Å². The van der Waals surface area contributed by atoms with Crippen LogP contribution in [0.2, 0.25) is 0 Å². The monoisotopic (exact) mass is 283 g/mol. The van der Waals surface area contributed by atoms with Crippen molar-refractivity contribution in [2.24, 2.45) is 5.92 Å². The Morgan fingerprint density at radius 2 is 2.16 bits per heavy atom. The first kappa shape index (κ1) is 14.3. The molecule has 1 N–H and O–H groups in total. The Kier molecular flexibility index (Phi) is 5.20. The van der Waals surface area contributed by atoms with Crippen molar-refractivity contribution in [1.29, 1.82) is 0 Å². The van der Waals surface area contributed by atoms with Gasteiger partial charge in [0.2, 0.25) is 5.91 Å². The first-order valence-electron chi connectivity index (χ1n) is 6.80. The molecule has 104 valence electrons. The second-order valence-corrected chi connectivity index (χ2v) is 5.73. The molecule has 4 heteroatoms. The molecule has 2 rings (SSSR count). The van der Waals surface area contributed by atoms with Crippen LogP contribution in [-0.2, 0) is 11.2 Å². The van der Waals surface area contributed by atoms with Gasteiger partial charge in [-0.1, -0.05) is 25.0 Å². The highest BCUT2D eigenvalue weighted by molar-refractivity contribution is 6.20. The Balaban J connectivity index is 1.78. The quantitative estimate of drug-likeness (QED) is 0.844. The molecule has 1 aromatic carbocycles. The minimum absolute atomic E-state index is 0.0694. The summed E-state index contributed by atoms with van der Waals surface area (Å²) in [7, 11) is 0. The third-order valence-corrected chi connectivity index (χ3v) is 4.21. The van der Waals surface area contributed by atoms with Crippen LogP contribution < -0.4 is 5.32 Å². The van der Waals surface area contributed by atoms with Gasteiger partial charge in [0.1, 0.15) is 5.82 Å². The van der Waals surface area contributed by atoms with Gasteiger partial charge in [-0.15, -0.1) is 11.6 Å². The number of halogens is 2. The average molecular weight is 284 g/mol. The lowest BCUT2D eigenvalue weighted by molar-refractivity contribution is -0.120. The molecule has 1 amide bonds. The average Bonchev–Trinajstić information content (AvgIpc) is 2.38. The fraction of sp³-hybridized carbons (Fsp3) is 0.533. The number of carbonyl (C=O) groups excluding carboxylic acids is 1. The third kappa shape index (κ3) is 4.50. The molecule has 1 fully saturated rings. The topological polar surface area (TPSA) is 29.1 Å². The van der Waals surface area contributed by atoms with Crippen LogP contribution in [-0.4, -0.2) is 17.8 Å². The van der Waals surface area contributed by atoms with Gasteiger partial charge in [-0.3, -0.25) is 4.79 Å². The normalized spacial score (nSPS) is 23.1. The summed E-state index contributed by atoms with van der Waals surface area (Å²) >= 11 is 6.25. The highest BCUT2D eigenvalue weighted by atomic mass is 35.5. The predicted molar refractivity (Wildman–Crippen MR) is 74.7 cm³/mol. The van der Waals surface area contributed by atoms with Crippen molar-refractivity contribution in [1.82, 2.24) is 5.32 Å². The highest BCUT2D eigenvalue weighted by Crippen LogP contribution is 2.27. The fourth-order valence-electron chi connectivity index (χ4n) is 2.53. The molecule has 2 atom stereocenters. The Labute approximate surface area is 118 Å². The van der Waals surface area contributed by atoms with E-state index in [4.69, 9.17) is 11.6 Å². The molecule has 0 radical (unpaired) electrons. The molecule has 0 aliphatic heterocycles. The smallest absolute Gasteiger partial charge is 0.224 e. The molecule has 0 saturated heterocycles. The number of nitrogens with one attached hydrogen (secondary N) is 1. The van der Waals surface area contributed by atoms with E-state index in [1.165, 1.54) is 25.0 Å². The summed E-state index contributed by atoms with van der Waals surface area (Å²) < 4.78 is 13.0. The van der Waals surface area contributed by atoms with Crippen molar-refractivity contribution in [3.8, 4) is 0 Å². The zero-order valence-corrected chi connectivity index (χ0v) is 11.6. The maximum atomic E-state index is 13.0. The molecule has 19 heavy (non-hydrogen) atoms. The number of amides is 1. The second kappa shape index (κ2) is 6.90. The Morgan fingerprint density at radius 3 is 2.89 bits per heavy atom. The minimum Gasteiger partial charge on any atom is -0.355 e. The van der Waals surface area contributed by atoms with E-state index in [2.05, 4.69) is 5.32 Å². The van der Waals surface area contributed by atoms with Gasteiger partial charge < -0.3 is 5.32 Å². The van der Waals surface area contributed by atoms with Gasteiger partial charge in [0.25, 0.3) is 0 Å². The van der Waals surface area contributed by atoms with E-state index in [0.29, 0.717) is 18.0 Å². The van der Waals surface area contributed by atoms with Gasteiger partial charge in [0.15, 0.2) is 0 Å². The number of hydrogen-bond acceptors (Lipinski definition) is 1. The Bertz CT molecular complexity index is 438. The zero-order chi connectivity index (χ0) is 13.7. The van der Waals surface area contributed by atoms with Crippen molar-refractivity contribution < 1.29 is 9.18 Å². The van der Waals surface area contributed by atoms with E-state index in [-0.39, 0.29) is 23.5 Å². The van der Waals surface area contributed by atoms with Crippen LogP contribution in [0, 0.1) is 11.7 Å². The lowest BCUT2D eigenvalue weighted by atomic mass is 9.88. The summed E-state index contributed by atoms with van der Waals surface area (Å²) in [5, 5.41) is 3.07. The van der Waals surface area contributed by atoms with Crippen molar-refractivity contribution in [3.05, 3.63) is 35.6 Å². The maximum absolute atomic E-state index is 13.0. The first-order valence-corrected chi connectivity index (χ1v) is 7.24. The van der Waals surface area contributed by atoms with E-state index in [0.717, 1.165) is 12.8 Å². The summed E-state index contributed by atoms with van der Waals surface area (Å²) in [4.78, 5) is 11.8. The van der Waals surface area contributed by atoms with Crippen LogP contribution in [0.5, 0.6) is 0 Å². The summed E-state index contributed by atoms with van der Waals surface area (Å²) in [6, 6.07) is 6.15. The SMILES string of the molecule is O=C(Cc1cccc(F)c1)NCC1CCCCC1Cl. The van der Waals surface area contributed by atoms with E-state index in [9.17, 15) is 9.18 Å². The summed E-state index contributed by atoms with van der Waals surface area (Å²) in [6.45, 7) is 0.627. The molecule has 2 nitrogen and oxygen atoms in total. The number of hydrogen-bond donors (Lipinski definition) is 1. The minimum atomic E-state index is -0.307. The van der Waals surface area contributed by atoms with Gasteiger partial charge in [-0.05, 0) is 36.5 Å². The molecule has 0 spiro atoms. The second-order valence-electron chi connectivity index (χ2n) is 5.17. The molecular weight excluding hydrogens is 265 g/mol. The molecule has 0 bridgehead atoms. The largest absolute Gasteiger partial charge is 0.355 e. The molecule has 1 aliphatic rings. The standard InChI is InChI=1S/C15H19ClFNO/c16-14-7-2-1-5-12(14)10-18-15(19)9-11-4-3-6-13(17)8-11/h3-4,6,8,12,14H,1-2,5,7,9-10H2,(H,18,19). The Morgan fingerprint density at radius 1 is 1.37 bits per heavy atom. The maximum Gasteiger partial charge on any atom is 0.224 e. The third-order valence-electron chi connectivity index (χ3n) is 3.63. The van der Waals surface area contributed by atoms with Crippen LogP contribution in [0.4, 0.5) is 4.39 Å². The molecule has 1 aliphatic carbocycles. The van der Waals surface area contributed by atoms with Gasteiger partial charge in [0, 0.05) is 11.9 Å². The lowest BCUT2D eigenvalue weighted by Gasteiger charge is -2.27. The summed E-state index contributed by atoms with van der Waals surface area (Å²) in [6.07, 6.45) is 4.70. The molecule has 0 aromatic heterocycles. The highest BCUT2D eigenvalue weighted by Gasteiger charge is 2.23. The van der Waals surface area contributed by atoms with Crippen LogP contribution in [0.1, 0.15) is 31.2 Å². The summed E-state index contributed by atoms with van der Waals surface area (Å²) in [5.41, 5.74) is 0.698. The van der Waals surface area contributed by atoms with Crippen LogP contribution in [0.3, 0.4) is 0 Å². The zero-order valence-electron chi connectivity index (χ0n) is 10.9. The van der Waals surface area contributed by atoms with E-state index in [1.807, 2.05) is 0 Å². The summed E-state index contributed by atoms with van der Waals surface area (Å²) in [5.74, 6) is -0.00896. The van der Waals surface area contributed by atoms with Crippen LogP contribution in [0.25, 0.3) is 0 Å². The Hall–Kier alpha value is -1.09. The predicted octanol–water partition coefficient (Wildman–Crippen LogP) is 3.28. The first-order chi connectivity index (χ1) is 9.15. The molecule has 1 aromatic rings. The van der Waals surface area contributed by atoms with Crippen molar-refractivity contribution in [2.45, 2.75) is 37.5 Å². The van der Waals surface area contributed by atoms with E-state index < -0.39 is 0 Å². The van der Waals surface area contributed by atoms with Crippen molar-refractivity contribution in [3.63, 3.8) is 0 Å². The van der Waals surface area contributed by atoms with Crippen LogP contribution >= 0.6 is 11.6 Å². The van der Waals surface area contributed by atoms with Crippen molar-refractivity contribution in [2.75, 3.05) is 6.54 Å². The molecule has 1 saturated carbocycles. The molecule has 2 unspecified atom stereocenters. The number of alkyl halides is 1. The van der Waals surface area contributed by atoms with Gasteiger partial charge in [0.05, 0.1) is 6.42 Å². The van der Waals surface area contributed by atoms with E-state index in [1.54, 1.807) is 12.1 Å². The van der Waals surface area contributed by atoms with Crippen molar-refractivity contribution >= 4 is 17.5 Å². The fourth-order valence-corrected chi connectivity index (χ4v) is 2.90. The van der Waals surface area contributed by atoms with Gasteiger partial charge >= 0.3 is 0 Å². The van der Waals surface area contributed by atoms with Gasteiger partial charge in [-0.25, -0.2) is 4.39 Å². The number of rotatable bonds is 4. The molecule has 0 heterocycles. The number of benzene rings is 1. The lowest BCUT2D eigenvalue weighted by Crippen LogP contribution is -2.35. The molecular formula is C15H19ClFNO. The van der Waals surface area contributed by atoms with Crippen LogP contribution in [0.15, 0.2) is 24.3 Å². The van der Waals surface area contributed by atoms with Gasteiger partial charge in [-0.2, -0.15) is 0 Å². The number of carbonyl (C=O) groups is 1.